The topological polar surface area (TPSA) is 110 Å². The van der Waals surface area contributed by atoms with E-state index >= 15 is 0 Å². The Morgan fingerprint density at radius 1 is 0.917 bits per heavy atom. The molecule has 0 aliphatic carbocycles. The van der Waals surface area contributed by atoms with Crippen LogP contribution >= 0.6 is 0 Å². The summed E-state index contributed by atoms with van der Waals surface area (Å²) in [5, 5.41) is 6.58. The largest absolute Gasteiger partial charge is 0.294 e. The van der Waals surface area contributed by atoms with Crippen molar-refractivity contribution in [3.63, 3.8) is 0 Å². The molecule has 0 fully saturated rings. The number of aromatic amines is 1. The van der Waals surface area contributed by atoms with E-state index in [1.165, 1.54) is 15.3 Å². The molecule has 0 radical (unpaired) electrons. The maximum atomic E-state index is 13.4. The van der Waals surface area contributed by atoms with E-state index in [2.05, 4.69) is 20.4 Å². The highest BCUT2D eigenvalue weighted by Crippen LogP contribution is 2.15. The number of hydrogen-bond donors (Lipinski definition) is 2. The van der Waals surface area contributed by atoms with Crippen LogP contribution in [0, 0.1) is 20.8 Å². The molecule has 0 amide bonds. The molecule has 0 bridgehead atoms. The number of fused-ring (bicyclic) bond motifs is 1. The predicted octanol–water partition coefficient (Wildman–Crippen LogP) is 3.71. The number of nitrogens with zero attached hydrogens (tertiary/aromatic N) is 5. The van der Waals surface area contributed by atoms with Gasteiger partial charge in [-0.3, -0.25) is 24.6 Å². The Balaban J connectivity index is 1.68. The SMILES string of the molecule is Cc1cc(C)nc(NC(=NCc2ccccc2)n2c(C)c3c(=O)n(-c4ccccc4)[nH]c3cc2=O)n1. The maximum Gasteiger partial charge on any atom is 0.280 e. The molecule has 2 N–H and O–H groups in total. The average Bonchev–Trinajstić information content (AvgIpc) is 3.19. The van der Waals surface area contributed by atoms with Crippen molar-refractivity contribution in [3.05, 3.63) is 116 Å². The molecule has 5 aromatic rings. The zero-order valence-corrected chi connectivity index (χ0v) is 20.2. The number of aliphatic imine (C=N–C) groups is 1. The van der Waals surface area contributed by atoms with Crippen molar-refractivity contribution in [2.75, 3.05) is 5.32 Å². The Labute approximate surface area is 206 Å². The lowest BCUT2D eigenvalue weighted by molar-refractivity contribution is 0.863. The van der Waals surface area contributed by atoms with Gasteiger partial charge in [-0.05, 0) is 44.5 Å². The number of anilines is 1. The molecule has 5 rings (SSSR count). The zero-order chi connectivity index (χ0) is 25.2. The Morgan fingerprint density at radius 2 is 1.56 bits per heavy atom. The minimum Gasteiger partial charge on any atom is -0.294 e. The van der Waals surface area contributed by atoms with Crippen LogP contribution in [0.5, 0.6) is 0 Å². The number of benzene rings is 2. The highest BCUT2D eigenvalue weighted by molar-refractivity contribution is 5.96. The molecular weight excluding hydrogens is 454 g/mol. The van der Waals surface area contributed by atoms with Gasteiger partial charge in [-0.15, -0.1) is 0 Å². The van der Waals surface area contributed by atoms with Gasteiger partial charge in [-0.2, -0.15) is 0 Å². The summed E-state index contributed by atoms with van der Waals surface area (Å²) < 4.78 is 2.83. The molecule has 0 atom stereocenters. The molecule has 0 aliphatic rings. The van der Waals surface area contributed by atoms with Gasteiger partial charge in [0.2, 0.25) is 11.9 Å². The number of aryl methyl sites for hydroxylation is 3. The number of nitrogens with one attached hydrogen (secondary N) is 2. The van der Waals surface area contributed by atoms with Crippen molar-refractivity contribution >= 4 is 22.8 Å². The summed E-state index contributed by atoms with van der Waals surface area (Å²) in [6, 6.07) is 22.2. The van der Waals surface area contributed by atoms with Crippen molar-refractivity contribution < 1.29 is 0 Å². The number of aromatic nitrogens is 5. The van der Waals surface area contributed by atoms with Crippen LogP contribution in [0.15, 0.2) is 87.4 Å². The van der Waals surface area contributed by atoms with E-state index in [9.17, 15) is 9.59 Å². The molecule has 2 aromatic carbocycles. The third-order valence-corrected chi connectivity index (χ3v) is 5.79. The number of rotatable bonds is 4. The van der Waals surface area contributed by atoms with E-state index in [1.54, 1.807) is 6.92 Å². The van der Waals surface area contributed by atoms with E-state index in [4.69, 9.17) is 4.99 Å². The average molecular weight is 480 g/mol. The van der Waals surface area contributed by atoms with Crippen LogP contribution in [0.2, 0.25) is 0 Å². The third-order valence-electron chi connectivity index (χ3n) is 5.79. The Bertz CT molecular complexity index is 1680. The summed E-state index contributed by atoms with van der Waals surface area (Å²) in [6.45, 7) is 5.79. The molecule has 0 unspecified atom stereocenters. The van der Waals surface area contributed by atoms with Crippen molar-refractivity contribution in [1.82, 2.24) is 24.3 Å². The molecule has 3 aromatic heterocycles. The number of pyridine rings is 1. The van der Waals surface area contributed by atoms with Gasteiger partial charge in [0.25, 0.3) is 11.1 Å². The lowest BCUT2D eigenvalue weighted by Gasteiger charge is -2.15. The molecule has 9 nitrogen and oxygen atoms in total. The van der Waals surface area contributed by atoms with Crippen molar-refractivity contribution in [2.24, 2.45) is 4.99 Å². The summed E-state index contributed by atoms with van der Waals surface area (Å²) in [4.78, 5) is 40.4. The van der Waals surface area contributed by atoms with E-state index in [0.29, 0.717) is 34.8 Å². The Kier molecular flexibility index (Phi) is 6.03. The lowest BCUT2D eigenvalue weighted by atomic mass is 10.2. The molecule has 36 heavy (non-hydrogen) atoms. The van der Waals surface area contributed by atoms with Gasteiger partial charge in [0, 0.05) is 23.1 Å². The molecule has 180 valence electrons. The predicted molar refractivity (Wildman–Crippen MR) is 141 cm³/mol. The van der Waals surface area contributed by atoms with Crippen molar-refractivity contribution in [3.8, 4) is 5.69 Å². The first-order chi connectivity index (χ1) is 17.4. The van der Waals surface area contributed by atoms with Gasteiger partial charge in [-0.1, -0.05) is 48.5 Å². The summed E-state index contributed by atoms with van der Waals surface area (Å²) in [7, 11) is 0. The quantitative estimate of drug-likeness (QED) is 0.302. The van der Waals surface area contributed by atoms with Crippen LogP contribution in [0.4, 0.5) is 5.95 Å². The summed E-state index contributed by atoms with van der Waals surface area (Å²) in [6.07, 6.45) is 0. The fourth-order valence-electron chi connectivity index (χ4n) is 4.19. The van der Waals surface area contributed by atoms with E-state index in [-0.39, 0.29) is 17.1 Å². The number of hydrogen-bond acceptors (Lipinski definition) is 5. The van der Waals surface area contributed by atoms with Crippen LogP contribution in [0.1, 0.15) is 22.6 Å². The molecule has 0 spiro atoms. The first-order valence-electron chi connectivity index (χ1n) is 11.5. The second kappa shape index (κ2) is 9.46. The van der Waals surface area contributed by atoms with E-state index in [1.807, 2.05) is 80.6 Å². The normalized spacial score (nSPS) is 11.7. The molecule has 3 heterocycles. The molecule has 0 aliphatic heterocycles. The third kappa shape index (κ3) is 4.46. The molecule has 0 saturated heterocycles. The second-order valence-electron chi connectivity index (χ2n) is 8.50. The van der Waals surface area contributed by atoms with Gasteiger partial charge in [0.05, 0.1) is 23.1 Å². The number of H-pyrrole nitrogens is 1. The van der Waals surface area contributed by atoms with Gasteiger partial charge in [0.1, 0.15) is 0 Å². The lowest BCUT2D eigenvalue weighted by Crippen LogP contribution is -2.35. The standard InChI is InChI=1S/C27H25N7O2/c1-17-14-18(2)30-26(29-17)31-27(28-16-20-10-6-4-7-11-20)33-19(3)24-22(15-23(33)35)32-34(25(24)36)21-12-8-5-9-13-21/h4-15,32H,16H2,1-3H3,(H,28,29,30,31). The minimum absolute atomic E-state index is 0.236. The van der Waals surface area contributed by atoms with Crippen molar-refractivity contribution in [1.29, 1.82) is 0 Å². The van der Waals surface area contributed by atoms with Crippen LogP contribution in [-0.4, -0.2) is 30.3 Å². The van der Waals surface area contributed by atoms with Gasteiger partial charge in [-0.25, -0.2) is 19.6 Å². The second-order valence-corrected chi connectivity index (χ2v) is 8.50. The van der Waals surface area contributed by atoms with Gasteiger partial charge in [0.15, 0.2) is 0 Å². The fraction of sp³-hybridized carbons (Fsp3) is 0.148. The Morgan fingerprint density at radius 3 is 2.22 bits per heavy atom. The summed E-state index contributed by atoms with van der Waals surface area (Å²) in [5.74, 6) is 0.557. The monoisotopic (exact) mass is 479 g/mol. The summed E-state index contributed by atoms with van der Waals surface area (Å²) >= 11 is 0. The van der Waals surface area contributed by atoms with Crippen LogP contribution < -0.4 is 16.4 Å². The fourth-order valence-corrected chi connectivity index (χ4v) is 4.19. The highest BCUT2D eigenvalue weighted by atomic mass is 16.1. The molecule has 0 saturated carbocycles. The van der Waals surface area contributed by atoms with Crippen LogP contribution in [-0.2, 0) is 6.54 Å². The molecular formula is C27H25N7O2. The first-order valence-corrected chi connectivity index (χ1v) is 11.5. The molecule has 9 heteroatoms. The minimum atomic E-state index is -0.342. The van der Waals surface area contributed by atoms with Crippen LogP contribution in [0.25, 0.3) is 16.6 Å². The summed E-state index contributed by atoms with van der Waals surface area (Å²) in [5.41, 5.74) is 3.52. The van der Waals surface area contributed by atoms with Crippen molar-refractivity contribution in [2.45, 2.75) is 27.3 Å². The number of para-hydroxylation sites is 1. The maximum absolute atomic E-state index is 13.4. The van der Waals surface area contributed by atoms with E-state index < -0.39 is 0 Å². The zero-order valence-electron chi connectivity index (χ0n) is 20.2. The van der Waals surface area contributed by atoms with Gasteiger partial charge >= 0.3 is 0 Å². The van der Waals surface area contributed by atoms with Crippen LogP contribution in [0.3, 0.4) is 0 Å². The smallest absolute Gasteiger partial charge is 0.280 e. The highest BCUT2D eigenvalue weighted by Gasteiger charge is 2.19. The van der Waals surface area contributed by atoms with E-state index in [0.717, 1.165) is 17.0 Å². The Hall–Kier alpha value is -4.79. The first kappa shape index (κ1) is 23.0. The van der Waals surface area contributed by atoms with Gasteiger partial charge < -0.3 is 0 Å².